The molecule has 174 valence electrons. The molecule has 1 atom stereocenters. The molecule has 0 saturated carbocycles. The smallest absolute Gasteiger partial charge is 0.350 e. The van der Waals surface area contributed by atoms with Crippen LogP contribution < -0.4 is 26.2 Å². The third-order valence-corrected chi connectivity index (χ3v) is 4.89. The Balaban J connectivity index is 1.78. The third kappa shape index (κ3) is 4.70. The van der Waals surface area contributed by atoms with Gasteiger partial charge in [-0.2, -0.15) is 0 Å². The maximum atomic E-state index is 12.9. The first kappa shape index (κ1) is 22.5. The minimum Gasteiger partial charge on any atom is -0.493 e. The molecule has 5 N–H and O–H groups in total. The van der Waals surface area contributed by atoms with Crippen molar-refractivity contribution in [2.45, 2.75) is 6.04 Å². The highest BCUT2D eigenvalue weighted by molar-refractivity contribution is 5.95. The van der Waals surface area contributed by atoms with Crippen molar-refractivity contribution in [2.24, 2.45) is 5.73 Å². The summed E-state index contributed by atoms with van der Waals surface area (Å²) in [6.45, 7) is -1.04. The fourth-order valence-corrected chi connectivity index (χ4v) is 3.27. The maximum Gasteiger partial charge on any atom is 0.350 e. The van der Waals surface area contributed by atoms with Crippen LogP contribution in [-0.2, 0) is 0 Å². The Morgan fingerprint density at radius 2 is 1.94 bits per heavy atom. The van der Waals surface area contributed by atoms with Gasteiger partial charge in [-0.05, 0) is 48.0 Å². The van der Waals surface area contributed by atoms with E-state index in [0.29, 0.717) is 22.6 Å². The van der Waals surface area contributed by atoms with E-state index >= 15 is 0 Å². The molecule has 0 radical (unpaired) electrons. The number of methoxy groups -OCH3 is 1. The Morgan fingerprint density at radius 3 is 2.59 bits per heavy atom. The van der Waals surface area contributed by atoms with Crippen LogP contribution in [0.2, 0.25) is 0 Å². The van der Waals surface area contributed by atoms with Gasteiger partial charge in [0.15, 0.2) is 17.3 Å². The zero-order valence-electron chi connectivity index (χ0n) is 18.0. The van der Waals surface area contributed by atoms with Crippen LogP contribution in [0, 0.1) is 5.41 Å². The molecule has 0 bridgehead atoms. The molecule has 0 fully saturated rings. The van der Waals surface area contributed by atoms with Crippen LogP contribution in [0.3, 0.4) is 0 Å². The Morgan fingerprint density at radius 1 is 1.21 bits per heavy atom. The van der Waals surface area contributed by atoms with Crippen LogP contribution in [0.4, 0.5) is 10.1 Å². The lowest BCUT2D eigenvalue weighted by Crippen LogP contribution is -2.18. The molecule has 2 aromatic carbocycles. The number of aromatic nitrogens is 5. The number of nitrogen functional groups attached to an aromatic ring is 1. The quantitative estimate of drug-likeness (QED) is 0.217. The second-order valence-corrected chi connectivity index (χ2v) is 7.01. The fraction of sp³-hybridized carbons (Fsp3) is 0.136. The van der Waals surface area contributed by atoms with Crippen LogP contribution in [0.1, 0.15) is 23.0 Å². The molecule has 0 unspecified atom stereocenters. The van der Waals surface area contributed by atoms with Crippen molar-refractivity contribution < 1.29 is 13.9 Å². The van der Waals surface area contributed by atoms with Crippen molar-refractivity contribution >= 4 is 11.5 Å². The number of nitrogens with one attached hydrogen (secondary N) is 3. The number of rotatable bonds is 9. The monoisotopic (exact) mass is 464 g/mol. The Bertz CT molecular complexity index is 1340. The first-order valence-electron chi connectivity index (χ1n) is 10.0. The standard InChI is InChI=1S/C22H21FN8O3/c1-33-16-8-5-14(11-17(16)34-12-23)18(28-15-6-3-13(4-7-15)19(24)25)20-29-22(32)31(30-20)21-26-9-2-10-27-21/h2-11,18,28H,12H2,1H3,(H3,24,25)(H,29,30,32)/t18-/m0/s1. The van der Waals surface area contributed by atoms with Crippen LogP contribution in [0.25, 0.3) is 5.95 Å². The van der Waals surface area contributed by atoms with Gasteiger partial charge in [0.25, 0.3) is 5.95 Å². The van der Waals surface area contributed by atoms with Gasteiger partial charge in [0.2, 0.25) is 6.86 Å². The summed E-state index contributed by atoms with van der Waals surface area (Å²) in [6.07, 6.45) is 3.00. The van der Waals surface area contributed by atoms with Crippen molar-refractivity contribution in [3.05, 3.63) is 88.4 Å². The molecular formula is C22H21FN8O3. The van der Waals surface area contributed by atoms with Gasteiger partial charge < -0.3 is 20.5 Å². The average molecular weight is 464 g/mol. The molecule has 0 aliphatic carbocycles. The summed E-state index contributed by atoms with van der Waals surface area (Å²) in [6, 6.07) is 12.7. The Labute approximate surface area is 192 Å². The number of ether oxygens (including phenoxy) is 2. The van der Waals surface area contributed by atoms with Gasteiger partial charge in [0, 0.05) is 23.6 Å². The zero-order valence-corrected chi connectivity index (χ0v) is 18.0. The predicted molar refractivity (Wildman–Crippen MR) is 122 cm³/mol. The van der Waals surface area contributed by atoms with Crippen molar-refractivity contribution in [3.8, 4) is 17.4 Å². The van der Waals surface area contributed by atoms with Gasteiger partial charge in [0.1, 0.15) is 11.9 Å². The lowest BCUT2D eigenvalue weighted by Gasteiger charge is -2.20. The van der Waals surface area contributed by atoms with E-state index in [4.69, 9.17) is 20.6 Å². The van der Waals surface area contributed by atoms with Crippen molar-refractivity contribution in [1.29, 1.82) is 5.41 Å². The zero-order chi connectivity index (χ0) is 24.1. The number of hydrogen-bond acceptors (Lipinski definition) is 8. The van der Waals surface area contributed by atoms with Crippen molar-refractivity contribution in [1.82, 2.24) is 24.7 Å². The largest absolute Gasteiger partial charge is 0.493 e. The van der Waals surface area contributed by atoms with Crippen molar-refractivity contribution in [3.63, 3.8) is 0 Å². The summed E-state index contributed by atoms with van der Waals surface area (Å²) in [7, 11) is 1.45. The molecule has 4 rings (SSSR count). The van der Waals surface area contributed by atoms with E-state index < -0.39 is 18.6 Å². The average Bonchev–Trinajstić information content (AvgIpc) is 3.24. The molecule has 0 aliphatic heterocycles. The first-order chi connectivity index (χ1) is 16.5. The first-order valence-corrected chi connectivity index (χ1v) is 10.0. The van der Waals surface area contributed by atoms with E-state index in [0.717, 1.165) is 4.68 Å². The summed E-state index contributed by atoms with van der Waals surface area (Å²) < 4.78 is 24.3. The van der Waals surface area contributed by atoms with Crippen molar-refractivity contribution in [2.75, 3.05) is 19.3 Å². The SMILES string of the molecule is COc1ccc([C@H](Nc2ccc(C(=N)N)cc2)c2nn(-c3ncccn3)c(=O)[nH]2)cc1OCF. The molecule has 34 heavy (non-hydrogen) atoms. The fourth-order valence-electron chi connectivity index (χ4n) is 3.27. The number of alkyl halides is 1. The molecule has 4 aromatic rings. The number of benzene rings is 2. The highest BCUT2D eigenvalue weighted by Gasteiger charge is 2.22. The summed E-state index contributed by atoms with van der Waals surface area (Å²) in [5.74, 6) is 0.842. The number of hydrogen-bond donors (Lipinski definition) is 4. The molecule has 0 spiro atoms. The van der Waals surface area contributed by atoms with E-state index in [2.05, 4.69) is 25.4 Å². The van der Waals surface area contributed by atoms with Crippen LogP contribution in [0.15, 0.2) is 65.7 Å². The number of nitrogens with zero attached hydrogens (tertiary/aromatic N) is 4. The molecule has 0 amide bonds. The number of nitrogens with two attached hydrogens (primary N) is 1. The molecule has 0 saturated heterocycles. The van der Waals surface area contributed by atoms with Gasteiger partial charge in [0.05, 0.1) is 7.11 Å². The summed E-state index contributed by atoms with van der Waals surface area (Å²) in [5.41, 5.74) is 6.83. The summed E-state index contributed by atoms with van der Waals surface area (Å²) in [4.78, 5) is 23.5. The molecule has 2 heterocycles. The number of H-pyrrole nitrogens is 1. The second kappa shape index (κ2) is 9.81. The van der Waals surface area contributed by atoms with E-state index in [1.54, 1.807) is 48.5 Å². The van der Waals surface area contributed by atoms with Crippen LogP contribution in [0.5, 0.6) is 11.5 Å². The Kier molecular flexibility index (Phi) is 6.48. The van der Waals surface area contributed by atoms with Crippen LogP contribution >= 0.6 is 0 Å². The van der Waals surface area contributed by atoms with Gasteiger partial charge in [-0.1, -0.05) is 6.07 Å². The number of halogens is 1. The maximum absolute atomic E-state index is 12.9. The Hall–Kier alpha value is -4.74. The lowest BCUT2D eigenvalue weighted by molar-refractivity contribution is 0.184. The molecule has 11 nitrogen and oxygen atoms in total. The molecule has 12 heteroatoms. The van der Waals surface area contributed by atoms with E-state index in [1.165, 1.54) is 19.5 Å². The van der Waals surface area contributed by atoms with E-state index in [-0.39, 0.29) is 23.4 Å². The highest BCUT2D eigenvalue weighted by Crippen LogP contribution is 2.33. The molecular weight excluding hydrogens is 443 g/mol. The highest BCUT2D eigenvalue weighted by atomic mass is 19.1. The third-order valence-electron chi connectivity index (χ3n) is 4.89. The van der Waals surface area contributed by atoms with E-state index in [9.17, 15) is 9.18 Å². The minimum atomic E-state index is -1.04. The lowest BCUT2D eigenvalue weighted by atomic mass is 10.0. The topological polar surface area (TPSA) is 157 Å². The number of aromatic amines is 1. The normalized spacial score (nSPS) is 11.6. The molecule has 0 aliphatic rings. The van der Waals surface area contributed by atoms with Gasteiger partial charge >= 0.3 is 5.69 Å². The summed E-state index contributed by atoms with van der Waals surface area (Å²) in [5, 5.41) is 15.2. The van der Waals surface area contributed by atoms with E-state index in [1.807, 2.05) is 0 Å². The van der Waals surface area contributed by atoms with Crippen LogP contribution in [-0.4, -0.2) is 44.5 Å². The van der Waals surface area contributed by atoms with Gasteiger partial charge in [-0.25, -0.2) is 19.2 Å². The minimum absolute atomic E-state index is 0.0581. The second-order valence-electron chi connectivity index (χ2n) is 7.01. The van der Waals surface area contributed by atoms with Gasteiger partial charge in [-0.15, -0.1) is 9.78 Å². The van der Waals surface area contributed by atoms with Gasteiger partial charge in [-0.3, -0.25) is 10.4 Å². The number of anilines is 1. The summed E-state index contributed by atoms with van der Waals surface area (Å²) >= 11 is 0. The number of amidine groups is 1. The molecule has 2 aromatic heterocycles. The predicted octanol–water partition coefficient (Wildman–Crippen LogP) is 2.15.